The molecule has 1 aliphatic rings. The number of hydrogen-bond acceptors (Lipinski definition) is 3. The molecule has 0 saturated heterocycles. The first-order valence-corrected chi connectivity index (χ1v) is 5.10. The van der Waals surface area contributed by atoms with Gasteiger partial charge in [0.05, 0.1) is 0 Å². The van der Waals surface area contributed by atoms with E-state index in [0.717, 1.165) is 0 Å². The van der Waals surface area contributed by atoms with Gasteiger partial charge in [-0.1, -0.05) is 29.3 Å². The van der Waals surface area contributed by atoms with Crippen LogP contribution in [0.15, 0.2) is 18.2 Å². The van der Waals surface area contributed by atoms with Crippen LogP contribution in [0, 0.1) is 5.92 Å². The van der Waals surface area contributed by atoms with Crippen molar-refractivity contribution in [2.75, 3.05) is 0 Å². The molecule has 1 aliphatic carbocycles. The van der Waals surface area contributed by atoms with E-state index in [2.05, 4.69) is 0 Å². The minimum Gasteiger partial charge on any atom is -0.848 e. The molecule has 6 heteroatoms. The van der Waals surface area contributed by atoms with E-state index in [4.69, 9.17) is 16.7 Å². The Morgan fingerprint density at radius 3 is 2.65 bits per heavy atom. The van der Waals surface area contributed by atoms with Crippen LogP contribution in [0.25, 0.3) is 0 Å². The summed E-state index contributed by atoms with van der Waals surface area (Å²) in [6.07, 6.45) is -1.13. The number of hydrogen-bond donors (Lipinski definition) is 1. The SMILES string of the molecule is O=C(O)C(=O)C1Cc2cc(Cl)ccc2C1[O-].[Li+]. The van der Waals surface area contributed by atoms with Crippen LogP contribution >= 0.6 is 11.6 Å². The van der Waals surface area contributed by atoms with Crippen LogP contribution < -0.4 is 24.0 Å². The van der Waals surface area contributed by atoms with Gasteiger partial charge >= 0.3 is 24.8 Å². The Hall–Kier alpha value is -0.793. The molecule has 1 aromatic rings. The van der Waals surface area contributed by atoms with E-state index < -0.39 is 23.8 Å². The second-order valence-corrected chi connectivity index (χ2v) is 4.18. The minimum atomic E-state index is -1.55. The summed E-state index contributed by atoms with van der Waals surface area (Å²) in [4.78, 5) is 21.8. The molecule has 0 aromatic heterocycles. The Kier molecular flexibility index (Phi) is 4.40. The summed E-state index contributed by atoms with van der Waals surface area (Å²) in [5.41, 5.74) is 1.15. The predicted octanol–water partition coefficient (Wildman–Crippen LogP) is -2.43. The fraction of sp³-hybridized carbons (Fsp3) is 0.273. The number of carbonyl (C=O) groups excluding carboxylic acids is 1. The van der Waals surface area contributed by atoms with Crippen LogP contribution in [0.2, 0.25) is 5.02 Å². The van der Waals surface area contributed by atoms with Crippen LogP contribution in [-0.2, 0) is 16.0 Å². The summed E-state index contributed by atoms with van der Waals surface area (Å²) in [5, 5.41) is 20.9. The molecule has 0 spiro atoms. The molecule has 1 N–H and O–H groups in total. The van der Waals surface area contributed by atoms with Crippen molar-refractivity contribution < 1.29 is 38.7 Å². The number of halogens is 1. The number of Topliss-reactive ketones (excluding diaryl/α,β-unsaturated/α-hetero) is 1. The standard InChI is InChI=1S/C11H8ClO4.Li/c12-6-1-2-7-5(3-6)4-8(9(7)13)10(14)11(15)16;/h1-3,8-9H,4H2,(H,15,16);/q-1;+1. The number of carbonyl (C=O) groups is 2. The number of rotatable bonds is 2. The van der Waals surface area contributed by atoms with Crippen LogP contribution in [0.5, 0.6) is 0 Å². The number of fused-ring (bicyclic) bond motifs is 1. The van der Waals surface area contributed by atoms with E-state index >= 15 is 0 Å². The molecule has 17 heavy (non-hydrogen) atoms. The molecule has 0 heterocycles. The summed E-state index contributed by atoms with van der Waals surface area (Å²) in [6, 6.07) is 4.74. The third-order valence-electron chi connectivity index (χ3n) is 2.76. The van der Waals surface area contributed by atoms with Crippen molar-refractivity contribution in [3.63, 3.8) is 0 Å². The fourth-order valence-electron chi connectivity index (χ4n) is 1.98. The maximum atomic E-state index is 11.8. The summed E-state index contributed by atoms with van der Waals surface area (Å²) >= 11 is 5.76. The van der Waals surface area contributed by atoms with Gasteiger partial charge in [0.1, 0.15) is 0 Å². The molecule has 0 amide bonds. The third-order valence-corrected chi connectivity index (χ3v) is 3.00. The molecule has 0 radical (unpaired) electrons. The van der Waals surface area contributed by atoms with Crippen molar-refractivity contribution in [1.29, 1.82) is 0 Å². The first-order chi connectivity index (χ1) is 7.50. The van der Waals surface area contributed by atoms with Gasteiger partial charge in [0.15, 0.2) is 0 Å². The number of benzene rings is 1. The number of carboxylic acid groups (broad SMARTS) is 1. The van der Waals surface area contributed by atoms with Crippen molar-refractivity contribution in [3.8, 4) is 0 Å². The molecule has 2 rings (SSSR count). The van der Waals surface area contributed by atoms with E-state index in [9.17, 15) is 14.7 Å². The molecular weight excluding hydrogens is 239 g/mol. The largest absolute Gasteiger partial charge is 1.00 e. The van der Waals surface area contributed by atoms with Gasteiger partial charge in [0.2, 0.25) is 5.78 Å². The van der Waals surface area contributed by atoms with Gasteiger partial charge in [-0.3, -0.25) is 4.79 Å². The number of carboxylic acids is 1. The summed E-state index contributed by atoms with van der Waals surface area (Å²) in [6.45, 7) is 0. The Bertz CT molecular complexity index is 475. The summed E-state index contributed by atoms with van der Waals surface area (Å²) in [7, 11) is 0. The zero-order chi connectivity index (χ0) is 11.9. The van der Waals surface area contributed by atoms with Gasteiger partial charge in [-0.15, -0.1) is 0 Å². The van der Waals surface area contributed by atoms with Crippen LogP contribution in [0.4, 0.5) is 0 Å². The van der Waals surface area contributed by atoms with E-state index in [0.29, 0.717) is 16.1 Å². The molecule has 0 aliphatic heterocycles. The van der Waals surface area contributed by atoms with Gasteiger partial charge in [0, 0.05) is 10.9 Å². The monoisotopic (exact) mass is 246 g/mol. The van der Waals surface area contributed by atoms with Gasteiger partial charge < -0.3 is 10.2 Å². The summed E-state index contributed by atoms with van der Waals surface area (Å²) in [5.74, 6) is -3.58. The average molecular weight is 247 g/mol. The molecule has 4 nitrogen and oxygen atoms in total. The predicted molar refractivity (Wildman–Crippen MR) is 54.0 cm³/mol. The molecule has 0 bridgehead atoms. The normalized spacial score (nSPS) is 21.5. The number of aliphatic carboxylic acids is 1. The molecule has 2 unspecified atom stereocenters. The van der Waals surface area contributed by atoms with E-state index in [1.165, 1.54) is 0 Å². The molecule has 0 fully saturated rings. The maximum Gasteiger partial charge on any atom is 1.00 e. The molecule has 84 valence electrons. The van der Waals surface area contributed by atoms with Gasteiger partial charge in [-0.05, 0) is 24.1 Å². The Morgan fingerprint density at radius 2 is 2.06 bits per heavy atom. The fourth-order valence-corrected chi connectivity index (χ4v) is 2.17. The first kappa shape index (κ1) is 14.3. The Morgan fingerprint density at radius 1 is 1.41 bits per heavy atom. The summed E-state index contributed by atoms with van der Waals surface area (Å²) < 4.78 is 0. The molecule has 2 atom stereocenters. The number of ketones is 1. The molecular formula is C11H8ClLiO4. The minimum absolute atomic E-state index is 0. The zero-order valence-electron chi connectivity index (χ0n) is 9.14. The molecule has 0 saturated carbocycles. The second kappa shape index (κ2) is 5.24. The second-order valence-electron chi connectivity index (χ2n) is 3.74. The first-order valence-electron chi connectivity index (χ1n) is 4.72. The van der Waals surface area contributed by atoms with Gasteiger partial charge in [-0.25, -0.2) is 4.79 Å². The zero-order valence-corrected chi connectivity index (χ0v) is 9.90. The Labute approximate surface area is 115 Å². The average Bonchev–Trinajstić information content (AvgIpc) is 2.54. The third kappa shape index (κ3) is 2.56. The van der Waals surface area contributed by atoms with Crippen molar-refractivity contribution in [1.82, 2.24) is 0 Å². The van der Waals surface area contributed by atoms with Crippen LogP contribution in [0.3, 0.4) is 0 Å². The van der Waals surface area contributed by atoms with Crippen LogP contribution in [0.1, 0.15) is 17.2 Å². The smallest absolute Gasteiger partial charge is 0.848 e. The van der Waals surface area contributed by atoms with Crippen molar-refractivity contribution in [3.05, 3.63) is 34.3 Å². The van der Waals surface area contributed by atoms with E-state index in [-0.39, 0.29) is 25.3 Å². The quantitative estimate of drug-likeness (QED) is 0.465. The van der Waals surface area contributed by atoms with Crippen LogP contribution in [-0.4, -0.2) is 16.9 Å². The van der Waals surface area contributed by atoms with Gasteiger partial charge in [0.25, 0.3) is 0 Å². The molecule has 1 aromatic carbocycles. The van der Waals surface area contributed by atoms with E-state index in [1.54, 1.807) is 18.2 Å². The maximum absolute atomic E-state index is 11.8. The van der Waals surface area contributed by atoms with Crippen molar-refractivity contribution in [2.45, 2.75) is 12.5 Å². The van der Waals surface area contributed by atoms with Gasteiger partial charge in [-0.2, -0.15) is 0 Å². The van der Waals surface area contributed by atoms with E-state index in [1.807, 2.05) is 0 Å². The Balaban J connectivity index is 0.00000144. The van der Waals surface area contributed by atoms with Crippen molar-refractivity contribution in [2.24, 2.45) is 5.92 Å². The topological polar surface area (TPSA) is 77.4 Å². The van der Waals surface area contributed by atoms with Crippen molar-refractivity contribution >= 4 is 23.4 Å².